The van der Waals surface area contributed by atoms with Crippen molar-refractivity contribution in [2.75, 3.05) is 0 Å². The first kappa shape index (κ1) is 12.5. The molecule has 0 unspecified atom stereocenters. The summed E-state index contributed by atoms with van der Waals surface area (Å²) in [6.07, 6.45) is 15.5. The van der Waals surface area contributed by atoms with Crippen LogP contribution in [0.5, 0.6) is 5.75 Å². The maximum Gasteiger partial charge on any atom is 0.339 e. The molecule has 1 aromatic carbocycles. The van der Waals surface area contributed by atoms with E-state index in [1.165, 1.54) is 0 Å². The lowest BCUT2D eigenvalue weighted by molar-refractivity contribution is 0.0693. The Bertz CT molecular complexity index is 654. The van der Waals surface area contributed by atoms with E-state index in [2.05, 4.69) is 0 Å². The molecule has 1 aromatic rings. The molecule has 0 aliphatic heterocycles. The van der Waals surface area contributed by atoms with Gasteiger partial charge < -0.3 is 10.2 Å². The number of carboxylic acids is 1. The fourth-order valence-corrected chi connectivity index (χ4v) is 2.58. The molecule has 0 amide bonds. The van der Waals surface area contributed by atoms with E-state index in [-0.39, 0.29) is 23.1 Å². The summed E-state index contributed by atoms with van der Waals surface area (Å²) in [7, 11) is 0. The van der Waals surface area contributed by atoms with Crippen molar-refractivity contribution in [1.82, 2.24) is 0 Å². The number of allylic oxidation sites excluding steroid dienone is 8. The van der Waals surface area contributed by atoms with Crippen LogP contribution in [0.15, 0.2) is 60.7 Å². The molecule has 3 nitrogen and oxygen atoms in total. The average molecular weight is 266 g/mol. The van der Waals surface area contributed by atoms with E-state index in [4.69, 9.17) is 0 Å². The number of aromatic hydroxyl groups is 1. The Morgan fingerprint density at radius 1 is 0.900 bits per heavy atom. The summed E-state index contributed by atoms with van der Waals surface area (Å²) >= 11 is 0. The van der Waals surface area contributed by atoms with Gasteiger partial charge in [-0.25, -0.2) is 4.79 Å². The van der Waals surface area contributed by atoms with Crippen LogP contribution in [-0.4, -0.2) is 16.2 Å². The minimum absolute atomic E-state index is 0.0418. The van der Waals surface area contributed by atoms with Gasteiger partial charge in [0.05, 0.1) is 0 Å². The monoisotopic (exact) mass is 266 g/mol. The van der Waals surface area contributed by atoms with Gasteiger partial charge in [-0.1, -0.05) is 54.7 Å². The maximum absolute atomic E-state index is 11.3. The van der Waals surface area contributed by atoms with Crippen LogP contribution in [0.25, 0.3) is 0 Å². The lowest BCUT2D eigenvalue weighted by atomic mass is 9.90. The van der Waals surface area contributed by atoms with Crippen LogP contribution in [0, 0.1) is 0 Å². The molecule has 0 radical (unpaired) electrons. The highest BCUT2D eigenvalue weighted by Gasteiger charge is 2.22. The number of benzene rings is 1. The second-order valence-electron chi connectivity index (χ2n) is 4.90. The number of rotatable bonds is 3. The molecule has 0 aromatic heterocycles. The quantitative estimate of drug-likeness (QED) is 0.880. The molecule has 3 heteroatoms. The molecule has 0 saturated heterocycles. The zero-order chi connectivity index (χ0) is 14.1. The largest absolute Gasteiger partial charge is 0.507 e. The maximum atomic E-state index is 11.3. The second-order valence-corrected chi connectivity index (χ2v) is 4.90. The zero-order valence-corrected chi connectivity index (χ0v) is 10.7. The number of carboxylic acid groups (broad SMARTS) is 1. The standard InChI is InChI=1S/C17H14O3/c18-16-14(12-7-3-4-8-12)9-13(10-15(16)17(19)20)11-5-1-2-6-11/h1-12,18H,(H,19,20). The molecular formula is C17H14O3. The first-order chi connectivity index (χ1) is 9.66. The lowest BCUT2D eigenvalue weighted by Gasteiger charge is -2.15. The third kappa shape index (κ3) is 2.07. The van der Waals surface area contributed by atoms with E-state index >= 15 is 0 Å². The van der Waals surface area contributed by atoms with Crippen LogP contribution < -0.4 is 0 Å². The Morgan fingerprint density at radius 3 is 2.00 bits per heavy atom. The number of carbonyl (C=O) groups is 1. The number of hydrogen-bond acceptors (Lipinski definition) is 2. The third-order valence-corrected chi connectivity index (χ3v) is 3.63. The fourth-order valence-electron chi connectivity index (χ4n) is 2.58. The van der Waals surface area contributed by atoms with E-state index < -0.39 is 5.97 Å². The smallest absolute Gasteiger partial charge is 0.339 e. The summed E-state index contributed by atoms with van der Waals surface area (Å²) in [6, 6.07) is 3.44. The molecule has 0 heterocycles. The molecule has 2 aliphatic rings. The minimum Gasteiger partial charge on any atom is -0.507 e. The predicted octanol–water partition coefficient (Wildman–Crippen LogP) is 3.51. The lowest BCUT2D eigenvalue weighted by Crippen LogP contribution is -2.04. The SMILES string of the molecule is O=C(O)c1cc(C2C=CC=C2)cc(C2C=CC=C2)c1O. The van der Waals surface area contributed by atoms with Crippen molar-refractivity contribution in [2.24, 2.45) is 0 Å². The van der Waals surface area contributed by atoms with Gasteiger partial charge in [-0.05, 0) is 11.6 Å². The van der Waals surface area contributed by atoms with Gasteiger partial charge in [0.1, 0.15) is 11.3 Å². The molecule has 0 saturated carbocycles. The van der Waals surface area contributed by atoms with Crippen molar-refractivity contribution >= 4 is 5.97 Å². The van der Waals surface area contributed by atoms with Crippen molar-refractivity contribution in [1.29, 1.82) is 0 Å². The van der Waals surface area contributed by atoms with Crippen molar-refractivity contribution in [2.45, 2.75) is 11.8 Å². The van der Waals surface area contributed by atoms with Crippen LogP contribution in [0.4, 0.5) is 0 Å². The highest BCUT2D eigenvalue weighted by Crippen LogP contribution is 2.37. The Kier molecular flexibility index (Phi) is 3.03. The normalized spacial score (nSPS) is 17.4. The molecule has 3 rings (SSSR count). The second kappa shape index (κ2) is 4.85. The van der Waals surface area contributed by atoms with Crippen LogP contribution >= 0.6 is 0 Å². The number of phenols is 1. The van der Waals surface area contributed by atoms with Crippen molar-refractivity contribution in [3.05, 3.63) is 77.4 Å². The van der Waals surface area contributed by atoms with Gasteiger partial charge in [-0.15, -0.1) is 0 Å². The van der Waals surface area contributed by atoms with E-state index in [9.17, 15) is 15.0 Å². The summed E-state index contributed by atoms with van der Waals surface area (Å²) in [5.74, 6) is -1.25. The van der Waals surface area contributed by atoms with Gasteiger partial charge in [0.15, 0.2) is 0 Å². The van der Waals surface area contributed by atoms with Crippen molar-refractivity contribution in [3.8, 4) is 5.75 Å². The summed E-state index contributed by atoms with van der Waals surface area (Å²) in [6.45, 7) is 0. The minimum atomic E-state index is -1.11. The van der Waals surface area contributed by atoms with Crippen molar-refractivity contribution < 1.29 is 15.0 Å². The van der Waals surface area contributed by atoms with Gasteiger partial charge >= 0.3 is 5.97 Å². The van der Waals surface area contributed by atoms with Gasteiger partial charge in [-0.3, -0.25) is 0 Å². The summed E-state index contributed by atoms with van der Waals surface area (Å²) in [5, 5.41) is 19.5. The Hall–Kier alpha value is -2.55. The van der Waals surface area contributed by atoms with Crippen LogP contribution in [0.1, 0.15) is 33.3 Å². The molecule has 2 N–H and O–H groups in total. The van der Waals surface area contributed by atoms with Gasteiger partial charge in [0, 0.05) is 17.4 Å². The van der Waals surface area contributed by atoms with Gasteiger partial charge in [0.25, 0.3) is 0 Å². The molecule has 0 fully saturated rings. The first-order valence-corrected chi connectivity index (χ1v) is 6.47. The molecule has 0 spiro atoms. The summed E-state index contributed by atoms with van der Waals surface area (Å²) in [5.41, 5.74) is 1.48. The topological polar surface area (TPSA) is 57.5 Å². The average Bonchev–Trinajstić information content (AvgIpc) is 3.12. The molecule has 20 heavy (non-hydrogen) atoms. The number of hydrogen-bond donors (Lipinski definition) is 2. The molecule has 0 atom stereocenters. The molecular weight excluding hydrogens is 252 g/mol. The highest BCUT2D eigenvalue weighted by atomic mass is 16.4. The first-order valence-electron chi connectivity index (χ1n) is 6.47. The van der Waals surface area contributed by atoms with Crippen LogP contribution in [0.2, 0.25) is 0 Å². The Morgan fingerprint density at radius 2 is 1.45 bits per heavy atom. The third-order valence-electron chi connectivity index (χ3n) is 3.63. The van der Waals surface area contributed by atoms with E-state index in [1.54, 1.807) is 6.07 Å². The summed E-state index contributed by atoms with van der Waals surface area (Å²) in [4.78, 5) is 11.3. The summed E-state index contributed by atoms with van der Waals surface area (Å²) < 4.78 is 0. The van der Waals surface area contributed by atoms with Crippen LogP contribution in [-0.2, 0) is 0 Å². The van der Waals surface area contributed by atoms with Crippen LogP contribution in [0.3, 0.4) is 0 Å². The van der Waals surface area contributed by atoms with Gasteiger partial charge in [0.2, 0.25) is 0 Å². The van der Waals surface area contributed by atoms with Crippen molar-refractivity contribution in [3.63, 3.8) is 0 Å². The molecule has 100 valence electrons. The fraction of sp³-hybridized carbons (Fsp3) is 0.118. The Balaban J connectivity index is 2.14. The molecule has 0 bridgehead atoms. The predicted molar refractivity (Wildman–Crippen MR) is 77.1 cm³/mol. The highest BCUT2D eigenvalue weighted by molar-refractivity contribution is 5.92. The number of aromatic carboxylic acids is 1. The van der Waals surface area contributed by atoms with E-state index in [1.807, 2.05) is 54.7 Å². The van der Waals surface area contributed by atoms with Gasteiger partial charge in [-0.2, -0.15) is 0 Å². The van der Waals surface area contributed by atoms with E-state index in [0.29, 0.717) is 5.56 Å². The zero-order valence-electron chi connectivity index (χ0n) is 10.7. The van der Waals surface area contributed by atoms with E-state index in [0.717, 1.165) is 5.56 Å². The Labute approximate surface area is 116 Å². The molecule has 2 aliphatic carbocycles.